The molecule has 0 spiro atoms. The number of halogens is 2. The number of piperidine rings is 1. The molecule has 4 heterocycles. The third kappa shape index (κ3) is 4.68. The van der Waals surface area contributed by atoms with Gasteiger partial charge in [0.2, 0.25) is 5.95 Å². The van der Waals surface area contributed by atoms with Crippen LogP contribution < -0.4 is 10.6 Å². The summed E-state index contributed by atoms with van der Waals surface area (Å²) >= 11 is 0. The summed E-state index contributed by atoms with van der Waals surface area (Å²) in [5.74, 6) is 1.58. The monoisotopic (exact) mass is 503 g/mol. The maximum Gasteiger partial charge on any atom is 0.229 e. The molecule has 3 aromatic heterocycles. The molecule has 9 heteroatoms. The van der Waals surface area contributed by atoms with Gasteiger partial charge in [-0.05, 0) is 87.7 Å². The largest absolute Gasteiger partial charge is 0.325 e. The second-order valence-electron chi connectivity index (χ2n) is 10.2. The summed E-state index contributed by atoms with van der Waals surface area (Å²) in [6.07, 6.45) is 8.52. The molecule has 37 heavy (non-hydrogen) atoms. The quantitative estimate of drug-likeness (QED) is 0.320. The molecular weight excluding hydrogens is 472 g/mol. The topological polar surface area (TPSA) is 80.6 Å². The number of fused-ring (bicyclic) bond motifs is 1. The highest BCUT2D eigenvalue weighted by Crippen LogP contribution is 2.40. The molecule has 1 aromatic carbocycles. The predicted octanol–water partition coefficient (Wildman–Crippen LogP) is 6.05. The Morgan fingerprint density at radius 3 is 2.54 bits per heavy atom. The van der Waals surface area contributed by atoms with Crippen molar-refractivity contribution < 1.29 is 8.78 Å². The Labute approximate surface area is 214 Å². The summed E-state index contributed by atoms with van der Waals surface area (Å²) in [6, 6.07) is 7.39. The second-order valence-corrected chi connectivity index (χ2v) is 10.2. The summed E-state index contributed by atoms with van der Waals surface area (Å²) in [7, 11) is 0. The minimum Gasteiger partial charge on any atom is -0.325 e. The molecule has 2 fully saturated rings. The second kappa shape index (κ2) is 9.78. The van der Waals surface area contributed by atoms with Crippen LogP contribution in [0.25, 0.3) is 22.3 Å². The first kappa shape index (κ1) is 23.9. The number of nitrogens with one attached hydrogen (secondary N) is 2. The van der Waals surface area contributed by atoms with Gasteiger partial charge in [-0.25, -0.2) is 28.7 Å². The van der Waals surface area contributed by atoms with Crippen molar-refractivity contribution in [3.8, 4) is 11.3 Å². The smallest absolute Gasteiger partial charge is 0.229 e. The molecule has 192 valence electrons. The van der Waals surface area contributed by atoms with Crippen LogP contribution in [0.5, 0.6) is 0 Å². The van der Waals surface area contributed by atoms with E-state index in [-0.39, 0.29) is 11.6 Å². The van der Waals surface area contributed by atoms with Gasteiger partial charge < -0.3 is 15.2 Å². The van der Waals surface area contributed by atoms with E-state index in [4.69, 9.17) is 0 Å². The maximum atomic E-state index is 15.0. The number of hydrogen-bond donors (Lipinski definition) is 2. The van der Waals surface area contributed by atoms with Gasteiger partial charge in [-0.1, -0.05) is 13.0 Å². The van der Waals surface area contributed by atoms with Gasteiger partial charge >= 0.3 is 0 Å². The molecule has 0 bridgehead atoms. The van der Waals surface area contributed by atoms with E-state index in [9.17, 15) is 8.78 Å². The van der Waals surface area contributed by atoms with Crippen LogP contribution in [0.1, 0.15) is 62.4 Å². The first-order valence-corrected chi connectivity index (χ1v) is 13.2. The Morgan fingerprint density at radius 2 is 1.84 bits per heavy atom. The molecule has 1 unspecified atom stereocenters. The lowest BCUT2D eigenvalue weighted by molar-refractivity contribution is 0.312. The Morgan fingerprint density at radius 1 is 1.03 bits per heavy atom. The van der Waals surface area contributed by atoms with E-state index in [1.165, 1.54) is 24.5 Å². The summed E-state index contributed by atoms with van der Waals surface area (Å²) < 4.78 is 31.9. The predicted molar refractivity (Wildman–Crippen MR) is 140 cm³/mol. The van der Waals surface area contributed by atoms with Crippen molar-refractivity contribution in [1.29, 1.82) is 0 Å². The number of imidazole rings is 1. The van der Waals surface area contributed by atoms with Crippen molar-refractivity contribution in [2.45, 2.75) is 57.9 Å². The number of pyridine rings is 1. The molecular formula is C28H31F2N7. The maximum absolute atomic E-state index is 15.0. The van der Waals surface area contributed by atoms with Crippen LogP contribution in [0.4, 0.5) is 20.5 Å². The van der Waals surface area contributed by atoms with Crippen molar-refractivity contribution >= 4 is 22.8 Å². The molecule has 7 nitrogen and oxygen atoms in total. The zero-order valence-corrected chi connectivity index (χ0v) is 21.1. The highest BCUT2D eigenvalue weighted by molar-refractivity contribution is 5.83. The Kier molecular flexibility index (Phi) is 6.32. The van der Waals surface area contributed by atoms with E-state index in [2.05, 4.69) is 43.6 Å². The summed E-state index contributed by atoms with van der Waals surface area (Å²) in [5.41, 5.74) is 2.59. The number of benzene rings is 1. The lowest BCUT2D eigenvalue weighted by atomic mass is 9.79. The normalized spacial score (nSPS) is 17.3. The van der Waals surface area contributed by atoms with Crippen LogP contribution in [0, 0.1) is 24.5 Å². The Balaban J connectivity index is 1.27. The first-order chi connectivity index (χ1) is 18.0. The summed E-state index contributed by atoms with van der Waals surface area (Å²) in [5, 5.41) is 6.51. The van der Waals surface area contributed by atoms with Crippen molar-refractivity contribution in [1.82, 2.24) is 29.8 Å². The van der Waals surface area contributed by atoms with E-state index in [1.807, 2.05) is 23.8 Å². The standard InChI is InChI=1S/C28H31F2N7/c1-3-21(17-8-10-31-11-9-17)18-4-7-25(32-14-18)35-28-33-15-23(30)26(36-28)19-12-22(29)27-24(13-19)37(16(2)34-27)20-5-6-20/h4,7,12-15,17,20-21,31H,3,5-6,8-11H2,1-2H3,(H,32,33,35,36). The van der Waals surface area contributed by atoms with Crippen molar-refractivity contribution in [2.24, 2.45) is 5.92 Å². The fraction of sp³-hybridized carbons (Fsp3) is 0.429. The summed E-state index contributed by atoms with van der Waals surface area (Å²) in [6.45, 7) is 6.24. The average molecular weight is 504 g/mol. The van der Waals surface area contributed by atoms with Crippen LogP contribution >= 0.6 is 0 Å². The van der Waals surface area contributed by atoms with E-state index in [1.54, 1.807) is 6.07 Å². The minimum absolute atomic E-state index is 0.0353. The molecule has 2 N–H and O–H groups in total. The highest BCUT2D eigenvalue weighted by atomic mass is 19.1. The molecule has 1 saturated carbocycles. The average Bonchev–Trinajstić information content (AvgIpc) is 3.68. The third-order valence-corrected chi connectivity index (χ3v) is 7.70. The van der Waals surface area contributed by atoms with Crippen LogP contribution in [-0.4, -0.2) is 37.6 Å². The molecule has 0 radical (unpaired) electrons. The van der Waals surface area contributed by atoms with E-state index in [0.717, 1.165) is 44.4 Å². The Hall–Kier alpha value is -3.46. The number of aryl methyl sites for hydroxylation is 1. The molecule has 1 atom stereocenters. The zero-order chi connectivity index (χ0) is 25.5. The van der Waals surface area contributed by atoms with Gasteiger partial charge in [0, 0.05) is 17.8 Å². The van der Waals surface area contributed by atoms with Crippen LogP contribution in [0.3, 0.4) is 0 Å². The molecule has 4 aromatic rings. The number of aromatic nitrogens is 5. The number of anilines is 2. The lowest BCUT2D eigenvalue weighted by Crippen LogP contribution is -2.30. The van der Waals surface area contributed by atoms with Crippen LogP contribution in [0.15, 0.2) is 36.7 Å². The molecule has 1 saturated heterocycles. The molecule has 0 amide bonds. The van der Waals surface area contributed by atoms with Gasteiger partial charge in [-0.3, -0.25) is 0 Å². The van der Waals surface area contributed by atoms with Gasteiger partial charge in [0.1, 0.15) is 22.9 Å². The van der Waals surface area contributed by atoms with E-state index >= 15 is 0 Å². The van der Waals surface area contributed by atoms with Gasteiger partial charge in [0.15, 0.2) is 11.6 Å². The molecule has 2 aliphatic rings. The van der Waals surface area contributed by atoms with Crippen molar-refractivity contribution in [2.75, 3.05) is 18.4 Å². The Bertz CT molecular complexity index is 1420. The summed E-state index contributed by atoms with van der Waals surface area (Å²) in [4.78, 5) is 17.5. The van der Waals surface area contributed by atoms with E-state index in [0.29, 0.717) is 40.3 Å². The fourth-order valence-corrected chi connectivity index (χ4v) is 5.73. The number of rotatable bonds is 7. The zero-order valence-electron chi connectivity index (χ0n) is 21.1. The van der Waals surface area contributed by atoms with Crippen molar-refractivity contribution in [3.63, 3.8) is 0 Å². The minimum atomic E-state index is -0.616. The molecule has 1 aliphatic carbocycles. The SMILES string of the molecule is CCC(c1ccc(Nc2ncc(F)c(-c3cc(F)c4nc(C)n(C5CC5)c4c3)n2)nc1)C1CCNCC1. The third-order valence-electron chi connectivity index (χ3n) is 7.70. The van der Waals surface area contributed by atoms with Crippen LogP contribution in [-0.2, 0) is 0 Å². The van der Waals surface area contributed by atoms with Gasteiger partial charge in [0.05, 0.1) is 11.7 Å². The number of nitrogens with zero attached hydrogens (tertiary/aromatic N) is 5. The number of hydrogen-bond acceptors (Lipinski definition) is 6. The lowest BCUT2D eigenvalue weighted by Gasteiger charge is -2.30. The van der Waals surface area contributed by atoms with Gasteiger partial charge in [-0.2, -0.15) is 0 Å². The van der Waals surface area contributed by atoms with Crippen LogP contribution in [0.2, 0.25) is 0 Å². The van der Waals surface area contributed by atoms with Crippen molar-refractivity contribution in [3.05, 3.63) is 59.7 Å². The van der Waals surface area contributed by atoms with Gasteiger partial charge in [0.25, 0.3) is 0 Å². The van der Waals surface area contributed by atoms with Gasteiger partial charge in [-0.15, -0.1) is 0 Å². The van der Waals surface area contributed by atoms with E-state index < -0.39 is 11.6 Å². The molecule has 6 rings (SSSR count). The molecule has 1 aliphatic heterocycles. The highest BCUT2D eigenvalue weighted by Gasteiger charge is 2.28. The fourth-order valence-electron chi connectivity index (χ4n) is 5.73. The first-order valence-electron chi connectivity index (χ1n) is 13.2.